The molecule has 1 N–H and O–H groups in total. The third-order valence-electron chi connectivity index (χ3n) is 5.10. The van der Waals surface area contributed by atoms with Crippen molar-refractivity contribution in [2.75, 3.05) is 0 Å². The van der Waals surface area contributed by atoms with Gasteiger partial charge in [-0.3, -0.25) is 0 Å². The van der Waals surface area contributed by atoms with E-state index in [1.54, 1.807) is 0 Å². The molecule has 1 aromatic carbocycles. The summed E-state index contributed by atoms with van der Waals surface area (Å²) in [5.74, 6) is 1.79. The fraction of sp³-hybridized carbons (Fsp3) is 0.684. The molecular weight excluding hydrogens is 242 g/mol. The summed E-state index contributed by atoms with van der Waals surface area (Å²) in [6.07, 6.45) is 6.91. The van der Waals surface area contributed by atoms with Crippen LogP contribution in [0.5, 0.6) is 0 Å². The van der Waals surface area contributed by atoms with Gasteiger partial charge >= 0.3 is 0 Å². The average Bonchev–Trinajstić information content (AvgIpc) is 2.65. The van der Waals surface area contributed by atoms with Crippen molar-refractivity contribution in [2.45, 2.75) is 71.9 Å². The summed E-state index contributed by atoms with van der Waals surface area (Å²) in [4.78, 5) is 0. The van der Waals surface area contributed by atoms with Crippen LogP contribution in [0.4, 0.5) is 0 Å². The Labute approximate surface area is 125 Å². The minimum atomic E-state index is 0.469. The summed E-state index contributed by atoms with van der Waals surface area (Å²) in [5, 5.41) is 3.88. The van der Waals surface area contributed by atoms with Crippen LogP contribution < -0.4 is 5.32 Å². The van der Waals surface area contributed by atoms with E-state index >= 15 is 0 Å². The molecule has 0 amide bonds. The number of hydrogen-bond acceptors (Lipinski definition) is 1. The minimum absolute atomic E-state index is 0.469. The Balaban J connectivity index is 1.92. The molecule has 1 saturated carbocycles. The van der Waals surface area contributed by atoms with E-state index in [2.05, 4.69) is 57.3 Å². The van der Waals surface area contributed by atoms with Gasteiger partial charge in [0.1, 0.15) is 0 Å². The van der Waals surface area contributed by atoms with E-state index in [4.69, 9.17) is 0 Å². The summed E-state index contributed by atoms with van der Waals surface area (Å²) in [7, 11) is 0. The normalized spacial score (nSPS) is 25.4. The topological polar surface area (TPSA) is 12.0 Å². The first-order valence-corrected chi connectivity index (χ1v) is 8.39. The fourth-order valence-corrected chi connectivity index (χ4v) is 3.68. The van der Waals surface area contributed by atoms with Crippen molar-refractivity contribution in [3.8, 4) is 0 Å². The average molecular weight is 273 g/mol. The number of nitrogens with one attached hydrogen (secondary N) is 1. The fourth-order valence-electron chi connectivity index (χ4n) is 3.68. The highest BCUT2D eigenvalue weighted by atomic mass is 14.9. The van der Waals surface area contributed by atoms with E-state index in [-0.39, 0.29) is 0 Å². The van der Waals surface area contributed by atoms with Crippen LogP contribution in [0.25, 0.3) is 0 Å². The lowest BCUT2D eigenvalue weighted by atomic mass is 9.89. The van der Waals surface area contributed by atoms with Crippen molar-refractivity contribution in [1.82, 2.24) is 5.32 Å². The predicted octanol–water partition coefficient (Wildman–Crippen LogP) is 5.25. The van der Waals surface area contributed by atoms with Gasteiger partial charge in [-0.15, -0.1) is 0 Å². The summed E-state index contributed by atoms with van der Waals surface area (Å²) < 4.78 is 0. The van der Waals surface area contributed by atoms with Gasteiger partial charge in [0.15, 0.2) is 0 Å². The third-order valence-corrected chi connectivity index (χ3v) is 5.10. The second-order valence-corrected chi connectivity index (χ2v) is 6.95. The van der Waals surface area contributed by atoms with Crippen LogP contribution in [0.3, 0.4) is 0 Å². The number of aryl methyl sites for hydroxylation is 1. The monoisotopic (exact) mass is 273 g/mol. The van der Waals surface area contributed by atoms with Crippen LogP contribution >= 0.6 is 0 Å². The van der Waals surface area contributed by atoms with E-state index in [0.29, 0.717) is 12.1 Å². The Bertz CT molecular complexity index is 410. The first-order valence-electron chi connectivity index (χ1n) is 8.39. The minimum Gasteiger partial charge on any atom is -0.307 e. The Morgan fingerprint density at radius 1 is 1.00 bits per heavy atom. The maximum Gasteiger partial charge on any atom is 0.0296 e. The first-order chi connectivity index (χ1) is 9.58. The highest BCUT2D eigenvalue weighted by Crippen LogP contribution is 2.30. The molecule has 0 aliphatic heterocycles. The van der Waals surface area contributed by atoms with E-state index < -0.39 is 0 Å². The van der Waals surface area contributed by atoms with Gasteiger partial charge < -0.3 is 5.32 Å². The SMILES string of the molecule is Cc1ccccc1[C@@H](C)NC1CCCC(C(C)C)CC1. The van der Waals surface area contributed by atoms with Crippen molar-refractivity contribution < 1.29 is 0 Å². The smallest absolute Gasteiger partial charge is 0.0296 e. The van der Waals surface area contributed by atoms with E-state index in [1.807, 2.05) is 0 Å². The van der Waals surface area contributed by atoms with Crippen LogP contribution in [-0.4, -0.2) is 6.04 Å². The number of hydrogen-bond donors (Lipinski definition) is 1. The van der Waals surface area contributed by atoms with Gasteiger partial charge in [0.05, 0.1) is 0 Å². The summed E-state index contributed by atoms with van der Waals surface area (Å²) in [5.41, 5.74) is 2.86. The van der Waals surface area contributed by atoms with E-state index in [9.17, 15) is 0 Å². The zero-order chi connectivity index (χ0) is 14.5. The number of benzene rings is 1. The zero-order valence-corrected chi connectivity index (χ0v) is 13.7. The zero-order valence-electron chi connectivity index (χ0n) is 13.7. The molecule has 1 fully saturated rings. The molecule has 0 bridgehead atoms. The maximum atomic E-state index is 3.88. The van der Waals surface area contributed by atoms with E-state index in [1.165, 1.54) is 43.2 Å². The molecular formula is C19H31N. The van der Waals surface area contributed by atoms with Gasteiger partial charge in [-0.1, -0.05) is 51.0 Å². The molecule has 0 spiro atoms. The second kappa shape index (κ2) is 7.26. The van der Waals surface area contributed by atoms with Gasteiger partial charge in [0.25, 0.3) is 0 Å². The first kappa shape index (κ1) is 15.6. The maximum absolute atomic E-state index is 3.88. The molecule has 112 valence electrons. The lowest BCUT2D eigenvalue weighted by Crippen LogP contribution is -2.31. The molecule has 0 heterocycles. The Hall–Kier alpha value is -0.820. The second-order valence-electron chi connectivity index (χ2n) is 6.95. The molecule has 1 nitrogen and oxygen atoms in total. The molecule has 1 aliphatic carbocycles. The predicted molar refractivity (Wildman–Crippen MR) is 87.9 cm³/mol. The van der Waals surface area contributed by atoms with Gasteiger partial charge in [0.2, 0.25) is 0 Å². The Morgan fingerprint density at radius 3 is 2.45 bits per heavy atom. The third kappa shape index (κ3) is 4.09. The molecule has 1 heteroatoms. The van der Waals surface area contributed by atoms with Crippen molar-refractivity contribution in [3.05, 3.63) is 35.4 Å². The van der Waals surface area contributed by atoms with Crippen LogP contribution in [0.2, 0.25) is 0 Å². The number of rotatable bonds is 4. The van der Waals surface area contributed by atoms with Crippen LogP contribution in [0, 0.1) is 18.8 Å². The Morgan fingerprint density at radius 2 is 1.75 bits per heavy atom. The molecule has 20 heavy (non-hydrogen) atoms. The molecule has 1 aliphatic rings. The van der Waals surface area contributed by atoms with Crippen molar-refractivity contribution in [2.24, 2.45) is 11.8 Å². The standard InChI is InChI=1S/C19H31N/c1-14(2)17-9-7-10-18(13-12-17)20-16(4)19-11-6-5-8-15(19)3/h5-6,8,11,14,16-18,20H,7,9-10,12-13H2,1-4H3/t16-,17?,18?/m1/s1. The van der Waals surface area contributed by atoms with Crippen molar-refractivity contribution >= 4 is 0 Å². The summed E-state index contributed by atoms with van der Waals surface area (Å²) >= 11 is 0. The van der Waals surface area contributed by atoms with Crippen LogP contribution in [0.1, 0.15) is 70.0 Å². The van der Waals surface area contributed by atoms with Crippen molar-refractivity contribution in [3.63, 3.8) is 0 Å². The quantitative estimate of drug-likeness (QED) is 0.739. The van der Waals surface area contributed by atoms with Gasteiger partial charge in [0, 0.05) is 12.1 Å². The Kier molecular flexibility index (Phi) is 5.65. The van der Waals surface area contributed by atoms with Gasteiger partial charge in [-0.25, -0.2) is 0 Å². The highest BCUT2D eigenvalue weighted by Gasteiger charge is 2.22. The van der Waals surface area contributed by atoms with Crippen LogP contribution in [-0.2, 0) is 0 Å². The van der Waals surface area contributed by atoms with Crippen LogP contribution in [0.15, 0.2) is 24.3 Å². The lowest BCUT2D eigenvalue weighted by molar-refractivity contribution is 0.335. The van der Waals surface area contributed by atoms with Gasteiger partial charge in [-0.2, -0.15) is 0 Å². The molecule has 0 aromatic heterocycles. The molecule has 3 atom stereocenters. The molecule has 0 saturated heterocycles. The lowest BCUT2D eigenvalue weighted by Gasteiger charge is -2.24. The molecule has 0 radical (unpaired) electrons. The molecule has 2 rings (SSSR count). The van der Waals surface area contributed by atoms with E-state index in [0.717, 1.165) is 11.8 Å². The van der Waals surface area contributed by atoms with Gasteiger partial charge in [-0.05, 0) is 56.1 Å². The molecule has 2 unspecified atom stereocenters. The molecule has 1 aromatic rings. The highest BCUT2D eigenvalue weighted by molar-refractivity contribution is 5.28. The van der Waals surface area contributed by atoms with Crippen molar-refractivity contribution in [1.29, 1.82) is 0 Å². The largest absolute Gasteiger partial charge is 0.307 e. The summed E-state index contributed by atoms with van der Waals surface area (Å²) in [6.45, 7) is 9.30. The summed E-state index contributed by atoms with van der Waals surface area (Å²) in [6, 6.07) is 9.94.